The third-order valence-corrected chi connectivity index (χ3v) is 1.75. The van der Waals surface area contributed by atoms with E-state index < -0.39 is 11.7 Å². The fourth-order valence-electron chi connectivity index (χ4n) is 1.12. The smallest absolute Gasteiger partial charge is 0.260 e. The van der Waals surface area contributed by atoms with E-state index in [0.29, 0.717) is 12.0 Å². The van der Waals surface area contributed by atoms with Gasteiger partial charge < -0.3 is 0 Å². The fraction of sp³-hybridized carbons (Fsp3) is 0.444. The molecule has 0 aliphatic heterocycles. The zero-order valence-electron chi connectivity index (χ0n) is 7.44. The number of halogens is 3. The first kappa shape index (κ1) is 10.0. The molecular weight excluding hydrogens is 179 g/mol. The predicted molar refractivity (Wildman–Crippen MR) is 43.4 cm³/mol. The molecule has 0 aliphatic carbocycles. The van der Waals surface area contributed by atoms with Crippen LogP contribution in [0.25, 0.3) is 0 Å². The Balaban J connectivity index is 3.24. The molecule has 4 heteroatoms. The van der Waals surface area contributed by atoms with Gasteiger partial charge in [0.1, 0.15) is 0 Å². The van der Waals surface area contributed by atoms with Crippen molar-refractivity contribution in [2.24, 2.45) is 0 Å². The minimum atomic E-state index is -4.29. The van der Waals surface area contributed by atoms with Crippen LogP contribution in [-0.4, -0.2) is 4.98 Å². The summed E-state index contributed by atoms with van der Waals surface area (Å²) in [7, 11) is 0. The number of nitrogens with zero attached hydrogens (tertiary/aromatic N) is 1. The largest absolute Gasteiger partial charge is 0.418 e. The van der Waals surface area contributed by atoms with E-state index in [2.05, 4.69) is 4.98 Å². The molecule has 0 N–H and O–H groups in total. The van der Waals surface area contributed by atoms with Crippen LogP contribution >= 0.6 is 0 Å². The van der Waals surface area contributed by atoms with Crippen LogP contribution in [0.4, 0.5) is 13.2 Å². The zero-order valence-corrected chi connectivity index (χ0v) is 7.44. The molecule has 0 radical (unpaired) electrons. The number of aryl methyl sites for hydroxylation is 2. The van der Waals surface area contributed by atoms with Crippen molar-refractivity contribution in [1.29, 1.82) is 0 Å². The lowest BCUT2D eigenvalue weighted by molar-refractivity contribution is -0.138. The van der Waals surface area contributed by atoms with Gasteiger partial charge in [0.2, 0.25) is 0 Å². The highest BCUT2D eigenvalue weighted by molar-refractivity contribution is 5.27. The molecule has 0 fully saturated rings. The van der Waals surface area contributed by atoms with Crippen molar-refractivity contribution in [3.63, 3.8) is 0 Å². The van der Waals surface area contributed by atoms with Gasteiger partial charge in [-0.1, -0.05) is 6.92 Å². The summed E-state index contributed by atoms with van der Waals surface area (Å²) in [6, 6.07) is 1.13. The van der Waals surface area contributed by atoms with Crippen LogP contribution in [0.2, 0.25) is 0 Å². The highest BCUT2D eigenvalue weighted by Crippen LogP contribution is 2.31. The quantitative estimate of drug-likeness (QED) is 0.661. The van der Waals surface area contributed by atoms with Gasteiger partial charge >= 0.3 is 6.18 Å². The lowest BCUT2D eigenvalue weighted by Gasteiger charge is -2.10. The van der Waals surface area contributed by atoms with Gasteiger partial charge in [0, 0.05) is 6.20 Å². The lowest BCUT2D eigenvalue weighted by atomic mass is 10.1. The van der Waals surface area contributed by atoms with E-state index in [1.54, 1.807) is 13.8 Å². The summed E-state index contributed by atoms with van der Waals surface area (Å²) in [6.07, 6.45) is -2.53. The van der Waals surface area contributed by atoms with E-state index in [1.165, 1.54) is 6.20 Å². The highest BCUT2D eigenvalue weighted by Gasteiger charge is 2.33. The summed E-state index contributed by atoms with van der Waals surface area (Å²) in [5.74, 6) is 0. The molecule has 1 rings (SSSR count). The standard InChI is InChI=1S/C9H10F3N/c1-3-8-7(9(10,11)12)4-6(2)5-13-8/h4-5H,3H2,1-2H3. The predicted octanol–water partition coefficient (Wildman–Crippen LogP) is 2.97. The van der Waals surface area contributed by atoms with Crippen molar-refractivity contribution in [3.8, 4) is 0 Å². The molecule has 0 amide bonds. The molecule has 13 heavy (non-hydrogen) atoms. The molecular formula is C9H10F3N. The van der Waals surface area contributed by atoms with Crippen molar-refractivity contribution in [2.45, 2.75) is 26.4 Å². The molecule has 0 aliphatic rings. The molecule has 0 unspecified atom stereocenters. The van der Waals surface area contributed by atoms with Gasteiger partial charge in [0.15, 0.2) is 0 Å². The first-order valence-electron chi connectivity index (χ1n) is 3.98. The molecule has 1 aromatic rings. The Kier molecular flexibility index (Phi) is 2.59. The van der Waals surface area contributed by atoms with Crippen molar-refractivity contribution in [3.05, 3.63) is 29.1 Å². The van der Waals surface area contributed by atoms with Gasteiger partial charge in [0.05, 0.1) is 11.3 Å². The summed E-state index contributed by atoms with van der Waals surface area (Å²) in [6.45, 7) is 3.26. The average molecular weight is 189 g/mol. The Morgan fingerprint density at radius 1 is 1.38 bits per heavy atom. The van der Waals surface area contributed by atoms with Crippen molar-refractivity contribution < 1.29 is 13.2 Å². The van der Waals surface area contributed by atoms with Gasteiger partial charge in [-0.05, 0) is 25.0 Å². The van der Waals surface area contributed by atoms with E-state index in [9.17, 15) is 13.2 Å². The van der Waals surface area contributed by atoms with Crippen LogP contribution in [0.3, 0.4) is 0 Å². The summed E-state index contributed by atoms with van der Waals surface area (Å²) >= 11 is 0. The second-order valence-electron chi connectivity index (χ2n) is 2.86. The van der Waals surface area contributed by atoms with Crippen molar-refractivity contribution >= 4 is 0 Å². The van der Waals surface area contributed by atoms with Crippen LogP contribution < -0.4 is 0 Å². The average Bonchev–Trinajstić information content (AvgIpc) is 2.03. The third-order valence-electron chi connectivity index (χ3n) is 1.75. The van der Waals surface area contributed by atoms with Crippen LogP contribution in [0, 0.1) is 6.92 Å². The highest BCUT2D eigenvalue weighted by atomic mass is 19.4. The molecule has 0 saturated heterocycles. The second-order valence-corrected chi connectivity index (χ2v) is 2.86. The van der Waals surface area contributed by atoms with E-state index in [1.807, 2.05) is 0 Å². The monoisotopic (exact) mass is 189 g/mol. The number of hydrogen-bond donors (Lipinski definition) is 0. The number of aromatic nitrogens is 1. The number of pyridine rings is 1. The molecule has 72 valence electrons. The van der Waals surface area contributed by atoms with Crippen LogP contribution in [0.5, 0.6) is 0 Å². The normalized spacial score (nSPS) is 11.8. The molecule has 1 heterocycles. The second kappa shape index (κ2) is 3.36. The van der Waals surface area contributed by atoms with Crippen LogP contribution in [0.1, 0.15) is 23.7 Å². The zero-order chi connectivity index (χ0) is 10.1. The van der Waals surface area contributed by atoms with Gasteiger partial charge in [-0.15, -0.1) is 0 Å². The minimum Gasteiger partial charge on any atom is -0.260 e. The minimum absolute atomic E-state index is 0.109. The third kappa shape index (κ3) is 2.20. The Labute approximate surface area is 74.6 Å². The number of hydrogen-bond acceptors (Lipinski definition) is 1. The number of alkyl halides is 3. The molecule has 0 saturated carbocycles. The first-order valence-corrected chi connectivity index (χ1v) is 3.98. The molecule has 0 atom stereocenters. The molecule has 0 bridgehead atoms. The van der Waals surface area contributed by atoms with Crippen LogP contribution in [-0.2, 0) is 12.6 Å². The maximum atomic E-state index is 12.4. The van der Waals surface area contributed by atoms with Gasteiger partial charge in [-0.25, -0.2) is 0 Å². The Bertz CT molecular complexity index is 304. The maximum Gasteiger partial charge on any atom is 0.418 e. The van der Waals surface area contributed by atoms with Gasteiger partial charge in [-0.2, -0.15) is 13.2 Å². The summed E-state index contributed by atoms with van der Waals surface area (Å²) < 4.78 is 37.1. The summed E-state index contributed by atoms with van der Waals surface area (Å²) in [5, 5.41) is 0. The van der Waals surface area contributed by atoms with Crippen molar-refractivity contribution in [2.75, 3.05) is 0 Å². The summed E-state index contributed by atoms with van der Waals surface area (Å²) in [5.41, 5.74) is 0.0256. The fourth-order valence-corrected chi connectivity index (χ4v) is 1.12. The molecule has 0 aromatic carbocycles. The lowest BCUT2D eigenvalue weighted by Crippen LogP contribution is -2.10. The first-order chi connectivity index (χ1) is 5.95. The van der Waals surface area contributed by atoms with Gasteiger partial charge in [0.25, 0.3) is 0 Å². The summed E-state index contributed by atoms with van der Waals surface area (Å²) in [4.78, 5) is 3.74. The maximum absolute atomic E-state index is 12.4. The van der Waals surface area contributed by atoms with E-state index >= 15 is 0 Å². The van der Waals surface area contributed by atoms with E-state index in [0.717, 1.165) is 6.07 Å². The Morgan fingerprint density at radius 2 is 2.00 bits per heavy atom. The molecule has 1 nitrogen and oxygen atoms in total. The number of rotatable bonds is 1. The van der Waals surface area contributed by atoms with Crippen LogP contribution in [0.15, 0.2) is 12.3 Å². The van der Waals surface area contributed by atoms with Crippen molar-refractivity contribution in [1.82, 2.24) is 4.98 Å². The molecule has 1 aromatic heterocycles. The Morgan fingerprint density at radius 3 is 2.46 bits per heavy atom. The SMILES string of the molecule is CCc1ncc(C)cc1C(F)(F)F. The van der Waals surface area contributed by atoms with E-state index in [-0.39, 0.29) is 5.69 Å². The molecule has 0 spiro atoms. The van der Waals surface area contributed by atoms with Gasteiger partial charge in [-0.3, -0.25) is 4.98 Å². The topological polar surface area (TPSA) is 12.9 Å². The van der Waals surface area contributed by atoms with E-state index in [4.69, 9.17) is 0 Å². The Hall–Kier alpha value is -1.06.